The van der Waals surface area contributed by atoms with Gasteiger partial charge in [-0.05, 0) is 33.1 Å². The predicted octanol–water partition coefficient (Wildman–Crippen LogP) is 8.73. The van der Waals surface area contributed by atoms with E-state index in [2.05, 4.69) is 40.2 Å². The topological polar surface area (TPSA) is 69.7 Å². The lowest BCUT2D eigenvalue weighted by atomic mass is 9.99. The minimum absolute atomic E-state index is 0.0343. The maximum atomic E-state index is 11.8. The average molecular weight is 591 g/mol. The quantitative estimate of drug-likeness (QED) is 0.0798. The van der Waals surface area contributed by atoms with Gasteiger partial charge in [0.2, 0.25) is 10.2 Å². The van der Waals surface area contributed by atoms with Crippen molar-refractivity contribution in [1.29, 1.82) is 0 Å². The molecule has 0 amide bonds. The Bertz CT molecular complexity index is 932. The third-order valence-electron chi connectivity index (χ3n) is 7.03. The van der Waals surface area contributed by atoms with Crippen molar-refractivity contribution in [2.45, 2.75) is 127 Å². The first-order valence-corrected chi connectivity index (χ1v) is 16.5. The molecule has 0 unspecified atom stereocenters. The van der Waals surface area contributed by atoms with Crippen molar-refractivity contribution in [3.05, 3.63) is 36.3 Å². The number of unbranched alkanes of at least 4 members (excludes halogenated alkanes) is 8. The lowest BCUT2D eigenvalue weighted by Crippen LogP contribution is -2.24. The molecule has 2 aliphatic heterocycles. The summed E-state index contributed by atoms with van der Waals surface area (Å²) in [7, 11) is 0. The molecule has 0 aliphatic carbocycles. The average Bonchev–Trinajstić information content (AvgIpc) is 3.37. The largest absolute Gasteiger partial charge is 0.489 e. The summed E-state index contributed by atoms with van der Waals surface area (Å²) in [6.45, 7) is 12.4. The van der Waals surface area contributed by atoms with Gasteiger partial charge in [-0.2, -0.15) is 0 Å². The number of carbonyl (C=O) groups excluding carboxylic acids is 3. The fraction of sp³-hybridized carbons (Fsp3) is 0.667. The van der Waals surface area contributed by atoms with Gasteiger partial charge in [-0.3, -0.25) is 14.4 Å². The summed E-state index contributed by atoms with van der Waals surface area (Å²) >= 11 is 2.69. The van der Waals surface area contributed by atoms with Gasteiger partial charge in [0.15, 0.2) is 5.78 Å². The molecule has 0 aromatic carbocycles. The van der Waals surface area contributed by atoms with Crippen molar-refractivity contribution < 1.29 is 23.9 Å². The zero-order valence-corrected chi connectivity index (χ0v) is 26.8. The van der Waals surface area contributed by atoms with E-state index in [9.17, 15) is 14.4 Å². The van der Waals surface area contributed by atoms with Crippen LogP contribution in [0.25, 0.3) is 0 Å². The number of allylic oxidation sites excluding steroid dienone is 1. The van der Waals surface area contributed by atoms with Crippen LogP contribution in [0.4, 0.5) is 0 Å². The first kappa shape index (κ1) is 36.1. The van der Waals surface area contributed by atoms with E-state index in [0.717, 1.165) is 31.4 Å². The predicted molar refractivity (Wildman–Crippen MR) is 170 cm³/mol. The van der Waals surface area contributed by atoms with Gasteiger partial charge in [0, 0.05) is 18.6 Å². The Morgan fingerprint density at radius 2 is 1.35 bits per heavy atom. The molecule has 0 spiro atoms. The maximum absolute atomic E-state index is 11.8. The minimum Gasteiger partial charge on any atom is -0.489 e. The number of thioether (sulfide) groups is 2. The summed E-state index contributed by atoms with van der Waals surface area (Å²) in [5, 5.41) is 0.113. The van der Waals surface area contributed by atoms with Crippen LogP contribution < -0.4 is 0 Å². The van der Waals surface area contributed by atoms with Gasteiger partial charge < -0.3 is 9.47 Å². The highest BCUT2D eigenvalue weighted by Gasteiger charge is 2.40. The second-order valence-electron chi connectivity index (χ2n) is 10.8. The molecule has 0 N–H and O–H groups in total. The molecule has 0 aromatic rings. The van der Waals surface area contributed by atoms with Gasteiger partial charge in [0.1, 0.15) is 24.7 Å². The molecular formula is C33H50O5S2. The second-order valence-corrected chi connectivity index (χ2v) is 13.8. The first-order chi connectivity index (χ1) is 19.1. The van der Waals surface area contributed by atoms with Crippen LogP contribution in [0.2, 0.25) is 0 Å². The van der Waals surface area contributed by atoms with E-state index in [1.54, 1.807) is 18.2 Å². The van der Waals surface area contributed by atoms with Crippen molar-refractivity contribution >= 4 is 39.5 Å². The van der Waals surface area contributed by atoms with E-state index in [0.29, 0.717) is 18.6 Å². The number of hydrogen-bond acceptors (Lipinski definition) is 7. The molecule has 0 bridgehead atoms. The molecule has 7 heteroatoms. The summed E-state index contributed by atoms with van der Waals surface area (Å²) in [6.07, 6.45) is 25.2. The van der Waals surface area contributed by atoms with Crippen LogP contribution in [0.15, 0.2) is 36.3 Å². The Labute approximate surface area is 251 Å². The van der Waals surface area contributed by atoms with Crippen LogP contribution in [0.1, 0.15) is 118 Å². The SMILES string of the molecule is C#CCOC1=CC(=O)S[C@]1(C)CCCCCC.C=CCCC(=O)COC1=CC(=O)S[C@]1(C)CCCCCCCC. The molecular weight excluding hydrogens is 540 g/mol. The zero-order valence-electron chi connectivity index (χ0n) is 25.2. The van der Waals surface area contributed by atoms with Gasteiger partial charge in [-0.25, -0.2) is 0 Å². The molecule has 0 saturated heterocycles. The van der Waals surface area contributed by atoms with E-state index < -0.39 is 0 Å². The lowest BCUT2D eigenvalue weighted by Gasteiger charge is -2.25. The molecule has 2 aliphatic rings. The summed E-state index contributed by atoms with van der Waals surface area (Å²) in [6, 6.07) is 0. The third-order valence-corrected chi connectivity index (χ3v) is 9.38. The second kappa shape index (κ2) is 20.0. The molecule has 2 heterocycles. The van der Waals surface area contributed by atoms with Crippen molar-refractivity contribution in [2.75, 3.05) is 13.2 Å². The van der Waals surface area contributed by atoms with Crippen LogP contribution in [-0.2, 0) is 23.9 Å². The standard InChI is InChI=1S/C19H30O3S.C14H20O2S/c1-4-6-8-9-10-11-13-19(3)17(14-18(21)23-19)22-15-16(20)12-7-5-2;1-4-6-7-8-9-14(3)12(16-10-5-2)11-13(15)17-14/h5,14H,2,4,6-13,15H2,1,3H3;2,11H,4,6-10H2,1,3H3/t19-;14-/m11/s1. The number of rotatable bonds is 20. The number of terminal acetylenes is 1. The molecule has 224 valence electrons. The van der Waals surface area contributed by atoms with E-state index in [1.807, 2.05) is 0 Å². The highest BCUT2D eigenvalue weighted by atomic mass is 32.2. The Kier molecular flexibility index (Phi) is 18.1. The highest BCUT2D eigenvalue weighted by molar-refractivity contribution is 8.16. The third kappa shape index (κ3) is 13.6. The van der Waals surface area contributed by atoms with Crippen molar-refractivity contribution in [1.82, 2.24) is 0 Å². The molecule has 0 saturated carbocycles. The molecule has 5 nitrogen and oxygen atoms in total. The van der Waals surface area contributed by atoms with Crippen molar-refractivity contribution in [3.8, 4) is 12.3 Å². The van der Waals surface area contributed by atoms with Gasteiger partial charge in [0.05, 0.1) is 9.49 Å². The van der Waals surface area contributed by atoms with E-state index >= 15 is 0 Å². The van der Waals surface area contributed by atoms with Gasteiger partial charge in [0.25, 0.3) is 0 Å². The Morgan fingerprint density at radius 1 is 0.875 bits per heavy atom. The van der Waals surface area contributed by atoms with Crippen molar-refractivity contribution in [3.63, 3.8) is 0 Å². The van der Waals surface area contributed by atoms with Gasteiger partial charge >= 0.3 is 0 Å². The molecule has 2 rings (SSSR count). The summed E-state index contributed by atoms with van der Waals surface area (Å²) in [5.41, 5.74) is 0. The molecule has 0 radical (unpaired) electrons. The van der Waals surface area contributed by atoms with Gasteiger partial charge in [-0.1, -0.05) is 114 Å². The van der Waals surface area contributed by atoms with Crippen LogP contribution in [-0.4, -0.2) is 38.7 Å². The van der Waals surface area contributed by atoms with E-state index in [4.69, 9.17) is 15.9 Å². The molecule has 2 atom stereocenters. The smallest absolute Gasteiger partial charge is 0.216 e. The maximum Gasteiger partial charge on any atom is 0.216 e. The van der Waals surface area contributed by atoms with Crippen LogP contribution in [0.5, 0.6) is 0 Å². The number of ketones is 1. The monoisotopic (exact) mass is 590 g/mol. The highest BCUT2D eigenvalue weighted by Crippen LogP contribution is 2.45. The number of ether oxygens (including phenoxy) is 2. The van der Waals surface area contributed by atoms with Crippen LogP contribution >= 0.6 is 23.5 Å². The Balaban J connectivity index is 0.000000418. The first-order valence-electron chi connectivity index (χ1n) is 14.9. The molecule has 40 heavy (non-hydrogen) atoms. The number of carbonyl (C=O) groups is 3. The van der Waals surface area contributed by atoms with Crippen LogP contribution in [0, 0.1) is 12.3 Å². The minimum atomic E-state index is -0.305. The summed E-state index contributed by atoms with van der Waals surface area (Å²) in [4.78, 5) is 35.0. The van der Waals surface area contributed by atoms with E-state index in [1.165, 1.54) is 74.9 Å². The van der Waals surface area contributed by atoms with Gasteiger partial charge in [-0.15, -0.1) is 13.0 Å². The zero-order chi connectivity index (χ0) is 29.9. The number of Topliss-reactive ketones (excluding diaryl/α,β-unsaturated/α-hetero) is 1. The fourth-order valence-corrected chi connectivity index (χ4v) is 6.75. The lowest BCUT2D eigenvalue weighted by molar-refractivity contribution is -0.122. The summed E-state index contributed by atoms with van der Waals surface area (Å²) in [5.74, 6) is 3.92. The fourth-order valence-electron chi connectivity index (χ4n) is 4.60. The molecule has 0 fully saturated rings. The Morgan fingerprint density at radius 3 is 1.85 bits per heavy atom. The van der Waals surface area contributed by atoms with Crippen LogP contribution in [0.3, 0.4) is 0 Å². The van der Waals surface area contributed by atoms with E-state index in [-0.39, 0.29) is 38.7 Å². The summed E-state index contributed by atoms with van der Waals surface area (Å²) < 4.78 is 10.6. The normalized spacial score (nSPS) is 21.7. The Hall–Kier alpha value is -1.91. The van der Waals surface area contributed by atoms with Crippen molar-refractivity contribution in [2.24, 2.45) is 0 Å². The molecule has 0 aromatic heterocycles. The number of hydrogen-bond donors (Lipinski definition) is 0.